The van der Waals surface area contributed by atoms with Gasteiger partial charge in [0, 0.05) is 42.9 Å². The Hall–Kier alpha value is -2.46. The van der Waals surface area contributed by atoms with E-state index in [4.69, 9.17) is 7.85 Å². The summed E-state index contributed by atoms with van der Waals surface area (Å²) >= 11 is 1.69. The topological polar surface area (TPSA) is 50.2 Å². The number of aliphatic hydroxyl groups excluding tert-OH is 1. The summed E-state index contributed by atoms with van der Waals surface area (Å²) in [4.78, 5) is 16.6. The third kappa shape index (κ3) is 4.43. The van der Waals surface area contributed by atoms with Gasteiger partial charge in [0.25, 0.3) is 0 Å². The molecule has 5 rings (SSSR count). The molecular weight excluding hydrogens is 559 g/mol. The fourth-order valence-electron chi connectivity index (χ4n) is 3.16. The van der Waals surface area contributed by atoms with Crippen LogP contribution in [-0.2, 0) is 24.9 Å². The summed E-state index contributed by atoms with van der Waals surface area (Å²) in [6, 6.07) is 19.9. The third-order valence-corrected chi connectivity index (χ3v) is 5.35. The molecule has 0 amide bonds. The molecule has 3 aromatic carbocycles. The number of allylic oxidation sites excluding steroid dienone is 2. The molecule has 29 heavy (non-hydrogen) atoms. The largest absolute Gasteiger partial charge is 0.512 e. The predicted octanol–water partition coefficient (Wildman–Crippen LogP) is 6.35. The third-order valence-electron chi connectivity index (χ3n) is 4.24. The maximum atomic E-state index is 10.0. The molecule has 1 aliphatic rings. The van der Waals surface area contributed by atoms with E-state index in [-0.39, 0.29) is 43.9 Å². The summed E-state index contributed by atoms with van der Waals surface area (Å²) < 4.78 is 16.2. The Morgan fingerprint density at radius 1 is 1.14 bits per heavy atom. The van der Waals surface area contributed by atoms with E-state index in [2.05, 4.69) is 29.2 Å². The van der Waals surface area contributed by atoms with Crippen LogP contribution < -0.4 is 0 Å². The minimum Gasteiger partial charge on any atom is -0.512 e. The smallest absolute Gasteiger partial charge is 0.155 e. The molecule has 0 bridgehead atoms. The first-order chi connectivity index (χ1) is 14.3. The number of aromatic nitrogens is 1. The summed E-state index contributed by atoms with van der Waals surface area (Å²) in [6.45, 7) is 2.85. The van der Waals surface area contributed by atoms with Crippen LogP contribution in [0.4, 0.5) is 0 Å². The molecule has 0 saturated heterocycles. The number of hydrogen-bond donors (Lipinski definition) is 1. The number of ketones is 1. The first-order valence-corrected chi connectivity index (χ1v) is 9.58. The molecule has 1 radical (unpaired) electrons. The molecule has 0 saturated carbocycles. The van der Waals surface area contributed by atoms with Crippen molar-refractivity contribution >= 4 is 39.1 Å². The second-order valence-electron chi connectivity index (χ2n) is 6.47. The van der Waals surface area contributed by atoms with Crippen LogP contribution >= 0.6 is 11.8 Å². The Morgan fingerprint density at radius 2 is 1.90 bits per heavy atom. The van der Waals surface area contributed by atoms with Crippen molar-refractivity contribution < 1.29 is 32.7 Å². The minimum absolute atomic E-state index is 0. The first kappa shape index (κ1) is 18.6. The van der Waals surface area contributed by atoms with Gasteiger partial charge in [0.15, 0.2) is 5.78 Å². The molecule has 147 valence electrons. The zero-order valence-electron chi connectivity index (χ0n) is 17.7. The van der Waals surface area contributed by atoms with Gasteiger partial charge in [-0.1, -0.05) is 41.3 Å². The molecule has 0 aliphatic carbocycles. The van der Waals surface area contributed by atoms with Crippen molar-refractivity contribution in [2.45, 2.75) is 23.6 Å². The molecule has 0 fully saturated rings. The monoisotopic (exact) mass is 579 g/mol. The number of nitrogens with zero attached hydrogens (tertiary/aromatic N) is 1. The van der Waals surface area contributed by atoms with E-state index in [0.29, 0.717) is 0 Å². The number of fused-ring (bicyclic) bond motifs is 3. The molecule has 3 nitrogen and oxygen atoms in total. The summed E-state index contributed by atoms with van der Waals surface area (Å²) in [6.07, 6.45) is 1.18. The maximum absolute atomic E-state index is 10.0. The number of carbonyl (C=O) groups is 1. The van der Waals surface area contributed by atoms with E-state index in [1.54, 1.807) is 11.8 Å². The van der Waals surface area contributed by atoms with Gasteiger partial charge in [-0.15, -0.1) is 35.3 Å². The molecular formula is C24H18IrNO2S-. The van der Waals surface area contributed by atoms with Crippen LogP contribution in [0.15, 0.2) is 82.4 Å². The average Bonchev–Trinajstić information content (AvgIpc) is 2.70. The quantitative estimate of drug-likeness (QED) is 0.143. The molecule has 1 N–H and O–H groups in total. The van der Waals surface area contributed by atoms with Gasteiger partial charge in [0.1, 0.15) is 0 Å². The van der Waals surface area contributed by atoms with Crippen molar-refractivity contribution in [1.29, 1.82) is 0 Å². The predicted molar refractivity (Wildman–Crippen MR) is 115 cm³/mol. The molecule has 5 heteroatoms. The molecule has 4 aromatic rings. The Labute approximate surface area is 190 Å². The Balaban J connectivity index is 0.000000299. The number of aliphatic hydroxyl groups is 1. The Kier molecular flexibility index (Phi) is 5.70. The molecule has 1 aliphatic heterocycles. The van der Waals surface area contributed by atoms with E-state index in [9.17, 15) is 4.79 Å². The maximum Gasteiger partial charge on any atom is 0.155 e. The van der Waals surface area contributed by atoms with Crippen LogP contribution in [0.25, 0.3) is 32.8 Å². The second-order valence-corrected chi connectivity index (χ2v) is 7.55. The van der Waals surface area contributed by atoms with Gasteiger partial charge in [-0.2, -0.15) is 0 Å². The minimum atomic E-state index is -0.125. The van der Waals surface area contributed by atoms with Crippen LogP contribution in [0, 0.1) is 6.07 Å². The van der Waals surface area contributed by atoms with Crippen LogP contribution in [0.1, 0.15) is 16.6 Å². The molecule has 2 heterocycles. The zero-order chi connectivity index (χ0) is 21.4. The van der Waals surface area contributed by atoms with Crippen molar-refractivity contribution in [3.63, 3.8) is 0 Å². The average molecular weight is 579 g/mol. The van der Waals surface area contributed by atoms with Crippen molar-refractivity contribution in [2.24, 2.45) is 0 Å². The van der Waals surface area contributed by atoms with Gasteiger partial charge in [0.2, 0.25) is 0 Å². The van der Waals surface area contributed by atoms with Gasteiger partial charge in [-0.3, -0.25) is 9.78 Å². The molecule has 0 atom stereocenters. The molecule has 0 unspecified atom stereocenters. The number of hydrogen-bond acceptors (Lipinski definition) is 4. The van der Waals surface area contributed by atoms with Gasteiger partial charge in [-0.25, -0.2) is 0 Å². The fraction of sp³-hybridized carbons (Fsp3) is 0.0833. The first-order valence-electron chi connectivity index (χ1n) is 9.76. The second kappa shape index (κ2) is 8.91. The number of pyridine rings is 1. The van der Waals surface area contributed by atoms with Crippen molar-refractivity contribution in [3.8, 4) is 11.3 Å². The van der Waals surface area contributed by atoms with Gasteiger partial charge >= 0.3 is 0 Å². The van der Waals surface area contributed by atoms with Crippen LogP contribution in [0.5, 0.6) is 0 Å². The summed E-state index contributed by atoms with van der Waals surface area (Å²) in [7, 11) is 0. The standard InChI is InChI=1S/C19H10NS.C5H8O2.Ir/c1-2-5-14-11-17-15(10-13(14)4-1)19-18-12(8-9-20-19)6-3-7-16(18)21-17;1-4(6)3-5(2)7;/h1-9,11H;3,6H,1-2H3;/q-1;;/b;4-3-;/i8D,9D;;. The summed E-state index contributed by atoms with van der Waals surface area (Å²) in [5.74, 6) is -0.0625. The van der Waals surface area contributed by atoms with Gasteiger partial charge < -0.3 is 5.11 Å². The summed E-state index contributed by atoms with van der Waals surface area (Å²) in [5, 5.41) is 12.3. The molecule has 0 spiro atoms. The van der Waals surface area contributed by atoms with Crippen LogP contribution in [-0.4, -0.2) is 15.9 Å². The van der Waals surface area contributed by atoms with E-state index in [0.717, 1.165) is 42.6 Å². The number of rotatable bonds is 1. The van der Waals surface area contributed by atoms with Crippen molar-refractivity contribution in [2.75, 3.05) is 0 Å². The number of carbonyl (C=O) groups excluding carboxylic acids is 1. The Morgan fingerprint density at radius 3 is 2.62 bits per heavy atom. The van der Waals surface area contributed by atoms with Crippen LogP contribution in [0.3, 0.4) is 0 Å². The SMILES string of the molecule is CC(=O)/C=C(/C)O.[2H]c1nc2c3c(cccc3c1[2H])Sc1cc3ccccc3[c-]c1-2.[Ir]. The number of benzene rings is 3. The summed E-state index contributed by atoms with van der Waals surface area (Å²) in [5.41, 5.74) is 1.71. The van der Waals surface area contributed by atoms with Crippen molar-refractivity contribution in [1.82, 2.24) is 4.98 Å². The zero-order valence-corrected chi connectivity index (χ0v) is 19.0. The van der Waals surface area contributed by atoms with E-state index in [1.165, 1.54) is 19.9 Å². The van der Waals surface area contributed by atoms with Gasteiger partial charge in [-0.05, 0) is 41.6 Å². The Bertz CT molecular complexity index is 1350. The fourth-order valence-corrected chi connectivity index (χ4v) is 4.29. The normalized spacial score (nSPS) is 12.8. The van der Waals surface area contributed by atoms with Crippen molar-refractivity contribution in [3.05, 3.63) is 78.6 Å². The van der Waals surface area contributed by atoms with E-state index < -0.39 is 0 Å². The van der Waals surface area contributed by atoms with E-state index in [1.807, 2.05) is 30.3 Å². The van der Waals surface area contributed by atoms with Crippen LogP contribution in [0.2, 0.25) is 0 Å². The van der Waals surface area contributed by atoms with E-state index >= 15 is 0 Å². The van der Waals surface area contributed by atoms with Gasteiger partial charge in [0.05, 0.1) is 8.50 Å². The molecule has 1 aromatic heterocycles.